The summed E-state index contributed by atoms with van der Waals surface area (Å²) >= 11 is 0. The number of anilines is 6. The van der Waals surface area contributed by atoms with Gasteiger partial charge in [-0.05, 0) is 140 Å². The van der Waals surface area contributed by atoms with E-state index in [-0.39, 0.29) is 0 Å². The maximum atomic E-state index is 6.74. The molecule has 2 heterocycles. The summed E-state index contributed by atoms with van der Waals surface area (Å²) in [7, 11) is 0. The van der Waals surface area contributed by atoms with Gasteiger partial charge in [0.15, 0.2) is 11.2 Å². The Morgan fingerprint density at radius 2 is 0.597 bits per heavy atom. The lowest BCUT2D eigenvalue weighted by atomic mass is 9.78. The Morgan fingerprint density at radius 1 is 0.236 bits per heavy atom. The number of para-hydroxylation sites is 6. The number of benzene rings is 12. The van der Waals surface area contributed by atoms with Crippen LogP contribution in [0.1, 0.15) is 0 Å². The summed E-state index contributed by atoms with van der Waals surface area (Å²) in [6.45, 7) is 0. The highest BCUT2D eigenvalue weighted by Crippen LogP contribution is 2.53. The summed E-state index contributed by atoms with van der Waals surface area (Å²) in [6, 6.07) is 91.6. The van der Waals surface area contributed by atoms with E-state index >= 15 is 0 Å². The van der Waals surface area contributed by atoms with Gasteiger partial charge in [-0.3, -0.25) is 0 Å². The van der Waals surface area contributed by atoms with Crippen molar-refractivity contribution in [3.05, 3.63) is 255 Å². The van der Waals surface area contributed by atoms with Gasteiger partial charge < -0.3 is 18.6 Å². The number of rotatable bonds is 8. The molecule has 336 valence electrons. The molecule has 1 aliphatic rings. The molecule has 4 heteroatoms. The Kier molecular flexibility index (Phi) is 8.92. The average molecular weight is 919 g/mol. The van der Waals surface area contributed by atoms with Crippen LogP contribution in [-0.4, -0.2) is 0 Å². The van der Waals surface area contributed by atoms with Crippen LogP contribution < -0.4 is 9.80 Å². The van der Waals surface area contributed by atoms with Gasteiger partial charge in [-0.25, -0.2) is 0 Å². The smallest absolute Gasteiger partial charge is 0.159 e. The van der Waals surface area contributed by atoms with Crippen LogP contribution in [0.25, 0.3) is 110 Å². The number of hydrogen-bond acceptors (Lipinski definition) is 4. The maximum Gasteiger partial charge on any atom is 0.159 e. The van der Waals surface area contributed by atoms with Crippen LogP contribution in [0, 0.1) is 0 Å². The Hall–Kier alpha value is -9.64. The second-order valence-electron chi connectivity index (χ2n) is 18.8. The van der Waals surface area contributed by atoms with Gasteiger partial charge in [0.25, 0.3) is 0 Å². The van der Waals surface area contributed by atoms with E-state index in [1.807, 2.05) is 12.1 Å². The molecule has 4 nitrogen and oxygen atoms in total. The number of nitrogens with zero attached hydrogens (tertiary/aromatic N) is 2. The highest BCUT2D eigenvalue weighted by atomic mass is 16.3. The molecule has 0 atom stereocenters. The van der Waals surface area contributed by atoms with Gasteiger partial charge in [-0.1, -0.05) is 170 Å². The normalized spacial score (nSPS) is 11.9. The minimum absolute atomic E-state index is 0.857. The molecule has 0 bridgehead atoms. The molecule has 0 fully saturated rings. The quantitative estimate of drug-likeness (QED) is 0.152. The third kappa shape index (κ3) is 6.26. The maximum absolute atomic E-state index is 6.74. The third-order valence-electron chi connectivity index (χ3n) is 14.7. The van der Waals surface area contributed by atoms with Gasteiger partial charge in [0.05, 0.1) is 22.7 Å². The van der Waals surface area contributed by atoms with Gasteiger partial charge >= 0.3 is 0 Å². The molecular weight excluding hydrogens is 877 g/mol. The van der Waals surface area contributed by atoms with E-state index < -0.39 is 0 Å². The minimum atomic E-state index is 0.857. The van der Waals surface area contributed by atoms with E-state index in [9.17, 15) is 0 Å². The number of hydrogen-bond donors (Lipinski definition) is 0. The van der Waals surface area contributed by atoms with Crippen LogP contribution in [0.3, 0.4) is 0 Å². The molecule has 0 saturated heterocycles. The van der Waals surface area contributed by atoms with Crippen LogP contribution in [0.2, 0.25) is 0 Å². The molecule has 0 amide bonds. The summed E-state index contributed by atoms with van der Waals surface area (Å²) in [4.78, 5) is 4.75. The topological polar surface area (TPSA) is 32.8 Å². The first-order chi connectivity index (χ1) is 35.7. The predicted molar refractivity (Wildman–Crippen MR) is 301 cm³/mol. The fraction of sp³-hybridized carbons (Fsp3) is 0. The van der Waals surface area contributed by atoms with Crippen molar-refractivity contribution in [1.29, 1.82) is 0 Å². The first kappa shape index (κ1) is 40.3. The zero-order valence-corrected chi connectivity index (χ0v) is 39.0. The van der Waals surface area contributed by atoms with Gasteiger partial charge in [0.1, 0.15) is 11.2 Å². The van der Waals surface area contributed by atoms with Gasteiger partial charge in [-0.15, -0.1) is 0 Å². The van der Waals surface area contributed by atoms with E-state index in [0.717, 1.165) is 100 Å². The van der Waals surface area contributed by atoms with E-state index in [4.69, 9.17) is 8.83 Å². The monoisotopic (exact) mass is 918 g/mol. The molecule has 1 aliphatic carbocycles. The molecule has 15 rings (SSSR count). The fourth-order valence-electron chi connectivity index (χ4n) is 11.4. The average Bonchev–Trinajstić information content (AvgIpc) is 4.03. The summed E-state index contributed by atoms with van der Waals surface area (Å²) in [5.41, 5.74) is 19.4. The van der Waals surface area contributed by atoms with Crippen molar-refractivity contribution in [2.45, 2.75) is 0 Å². The Labute approximate surface area is 415 Å². The van der Waals surface area contributed by atoms with E-state index in [1.165, 1.54) is 43.8 Å². The third-order valence-corrected chi connectivity index (χ3v) is 14.7. The van der Waals surface area contributed by atoms with E-state index in [0.29, 0.717) is 0 Å². The zero-order chi connectivity index (χ0) is 47.3. The van der Waals surface area contributed by atoms with E-state index in [2.05, 4.69) is 252 Å². The standard InChI is InChI=1S/C68H42N2O2/c1-3-17-43(18-4-1)51-21-7-11-27-61(51)69(63-29-15-25-55-53-23-9-13-31-65(53)71-67(55)63)49-35-33-45-39-57-58-40-46-34-36-50(38-48(46)42-60(58)59(57)41-47(45)37-49)70(62-28-12-8-22-52(62)44-19-5-2-6-20-44)64-30-16-26-56-54-24-10-14-32-66(54)72-68(56)64/h1-42H. The molecule has 72 heavy (non-hydrogen) atoms. The van der Waals surface area contributed by atoms with Gasteiger partial charge in [0.2, 0.25) is 0 Å². The van der Waals surface area contributed by atoms with E-state index in [1.54, 1.807) is 0 Å². The molecule has 0 spiro atoms. The lowest BCUT2D eigenvalue weighted by Crippen LogP contribution is -2.12. The van der Waals surface area contributed by atoms with Crippen LogP contribution >= 0.6 is 0 Å². The van der Waals surface area contributed by atoms with Gasteiger partial charge in [-0.2, -0.15) is 0 Å². The largest absolute Gasteiger partial charge is 0.454 e. The lowest BCUT2D eigenvalue weighted by Gasteiger charge is -2.30. The van der Waals surface area contributed by atoms with Crippen LogP contribution in [-0.2, 0) is 0 Å². The first-order valence-electron chi connectivity index (χ1n) is 24.6. The molecule has 2 aromatic heterocycles. The summed E-state index contributed by atoms with van der Waals surface area (Å²) in [5, 5.41) is 9.14. The summed E-state index contributed by atoms with van der Waals surface area (Å²) in [6.07, 6.45) is 0. The van der Waals surface area contributed by atoms with Gasteiger partial charge in [0, 0.05) is 44.0 Å². The minimum Gasteiger partial charge on any atom is -0.454 e. The highest BCUT2D eigenvalue weighted by molar-refractivity contribution is 6.15. The van der Waals surface area contributed by atoms with Crippen LogP contribution in [0.5, 0.6) is 0 Å². The Bertz CT molecular complexity index is 4180. The molecule has 12 aromatic carbocycles. The molecular formula is C68H42N2O2. The zero-order valence-electron chi connectivity index (χ0n) is 39.0. The van der Waals surface area contributed by atoms with Crippen LogP contribution in [0.4, 0.5) is 34.1 Å². The molecule has 0 radical (unpaired) electrons. The van der Waals surface area contributed by atoms with Crippen molar-refractivity contribution in [2.75, 3.05) is 9.80 Å². The van der Waals surface area contributed by atoms with Crippen molar-refractivity contribution in [2.24, 2.45) is 0 Å². The van der Waals surface area contributed by atoms with Crippen molar-refractivity contribution in [1.82, 2.24) is 0 Å². The summed E-state index contributed by atoms with van der Waals surface area (Å²) < 4.78 is 13.5. The SMILES string of the molecule is c1ccc(-c2ccccc2N(c2ccc3cc4c(cc3c2)-c2cc3cc(N(c5ccccc5-c5ccccc5)c5cccc6c5oc5ccccc56)ccc3cc2-4)c2cccc3c2oc2ccccc23)cc1. The molecule has 0 N–H and O–H groups in total. The fourth-order valence-corrected chi connectivity index (χ4v) is 11.4. The van der Waals surface area contributed by atoms with Crippen molar-refractivity contribution in [3.8, 4) is 44.5 Å². The second kappa shape index (κ2) is 16.0. The van der Waals surface area contributed by atoms with Crippen LogP contribution in [0.15, 0.2) is 264 Å². The molecule has 0 unspecified atom stereocenters. The Morgan fingerprint density at radius 3 is 1.06 bits per heavy atom. The Balaban J connectivity index is 0.879. The van der Waals surface area contributed by atoms with Crippen molar-refractivity contribution >= 4 is 99.5 Å². The van der Waals surface area contributed by atoms with Crippen molar-refractivity contribution < 1.29 is 8.83 Å². The second-order valence-corrected chi connectivity index (χ2v) is 18.8. The number of fused-ring (bicyclic) bond motifs is 12. The molecule has 0 aliphatic heterocycles. The lowest BCUT2D eigenvalue weighted by molar-refractivity contribution is 0.668. The van der Waals surface area contributed by atoms with Crippen molar-refractivity contribution in [3.63, 3.8) is 0 Å². The number of furan rings is 2. The predicted octanol–water partition coefficient (Wildman–Crippen LogP) is 19.7. The molecule has 14 aromatic rings. The summed E-state index contributed by atoms with van der Waals surface area (Å²) in [5.74, 6) is 0. The molecule has 0 saturated carbocycles. The highest BCUT2D eigenvalue weighted by Gasteiger charge is 2.27. The first-order valence-corrected chi connectivity index (χ1v) is 24.6.